The van der Waals surface area contributed by atoms with Gasteiger partial charge in [0.05, 0.1) is 5.56 Å². The van der Waals surface area contributed by atoms with Crippen LogP contribution in [0, 0.1) is 4.77 Å². The highest BCUT2D eigenvalue weighted by atomic mass is 32.2. The number of hydrogen-bond donors (Lipinski definition) is 3. The summed E-state index contributed by atoms with van der Waals surface area (Å²) >= 11 is 11.1. The summed E-state index contributed by atoms with van der Waals surface area (Å²) in [6.07, 6.45) is 1.83. The summed E-state index contributed by atoms with van der Waals surface area (Å²) in [7, 11) is 0. The number of nitrogen functional groups attached to an aromatic ring is 2. The van der Waals surface area contributed by atoms with E-state index >= 15 is 0 Å². The van der Waals surface area contributed by atoms with Gasteiger partial charge in [0.1, 0.15) is 15.8 Å². The van der Waals surface area contributed by atoms with Crippen LogP contribution in [0.3, 0.4) is 0 Å². The molecule has 6 N–H and O–H groups in total. The van der Waals surface area contributed by atoms with Crippen molar-refractivity contribution in [3.63, 3.8) is 0 Å². The molecule has 0 saturated carbocycles. The van der Waals surface area contributed by atoms with Crippen LogP contribution in [0.25, 0.3) is 0 Å². The van der Waals surface area contributed by atoms with Crippen LogP contribution in [0.2, 0.25) is 0 Å². The minimum absolute atomic E-state index is 0.161. The predicted molar refractivity (Wildman–Crippen MR) is 65.3 cm³/mol. The fraction of sp³-hybridized carbons (Fsp3) is 0.167. The molecular weight excluding hydrogens is 238 g/mol. The third kappa shape index (κ3) is 1.81. The molecule has 0 aliphatic carbocycles. The second-order valence-electron chi connectivity index (χ2n) is 2.40. The zero-order chi connectivity index (χ0) is 10.9. The maximum absolute atomic E-state index is 5.66. The van der Waals surface area contributed by atoms with Crippen LogP contribution in [-0.2, 0) is 0 Å². The quantitative estimate of drug-likeness (QED) is 0.299. The summed E-state index contributed by atoms with van der Waals surface area (Å²) in [5.74, 6) is 5.88. The van der Waals surface area contributed by atoms with Crippen LogP contribution < -0.4 is 17.3 Å². The Kier molecular flexibility index (Phi) is 3.29. The van der Waals surface area contributed by atoms with E-state index in [2.05, 4.69) is 4.98 Å². The third-order valence-electron chi connectivity index (χ3n) is 1.55. The number of rotatable bonds is 2. The van der Waals surface area contributed by atoms with Gasteiger partial charge in [-0.15, -0.1) is 11.8 Å². The second kappa shape index (κ2) is 4.11. The molecule has 1 aromatic rings. The maximum Gasteiger partial charge on any atom is 0.221 e. The van der Waals surface area contributed by atoms with Crippen molar-refractivity contribution in [1.82, 2.24) is 9.66 Å². The van der Waals surface area contributed by atoms with Crippen LogP contribution in [-0.4, -0.2) is 20.9 Å². The van der Waals surface area contributed by atoms with Crippen LogP contribution in [0.15, 0.2) is 5.03 Å². The summed E-state index contributed by atoms with van der Waals surface area (Å²) < 4.78 is 1.44. The number of thioether (sulfide) groups is 1. The molecule has 0 unspecified atom stereocenters. The molecule has 0 radical (unpaired) electrons. The first-order valence-corrected chi connectivity index (χ1v) is 5.54. The van der Waals surface area contributed by atoms with Gasteiger partial charge in [-0.25, -0.2) is 9.66 Å². The molecule has 76 valence electrons. The number of anilines is 1. The normalized spacial score (nSPS) is 10.1. The molecular formula is C6H9N5S3. The van der Waals surface area contributed by atoms with Gasteiger partial charge in [0.15, 0.2) is 0 Å². The summed E-state index contributed by atoms with van der Waals surface area (Å²) in [5.41, 5.74) is 11.6. The van der Waals surface area contributed by atoms with Crippen molar-refractivity contribution >= 4 is 47.0 Å². The van der Waals surface area contributed by atoms with E-state index in [1.54, 1.807) is 0 Å². The third-order valence-corrected chi connectivity index (χ3v) is 2.83. The topological polar surface area (TPSA) is 95.9 Å². The Labute approximate surface area is 95.6 Å². The van der Waals surface area contributed by atoms with Gasteiger partial charge < -0.3 is 17.3 Å². The van der Waals surface area contributed by atoms with E-state index in [0.717, 1.165) is 0 Å². The molecule has 0 saturated heterocycles. The average molecular weight is 247 g/mol. The van der Waals surface area contributed by atoms with E-state index in [1.807, 2.05) is 6.26 Å². The standard InChI is InChI=1S/C6H9N5S3/c1-14-5-2(4(8)12)3(7)10-6(13)11(5)9/h9H2,1H3,(H2,8,12)(H2,7,10,13). The van der Waals surface area contributed by atoms with Gasteiger partial charge in [0.25, 0.3) is 0 Å². The van der Waals surface area contributed by atoms with Crippen molar-refractivity contribution in [2.45, 2.75) is 5.03 Å². The highest BCUT2D eigenvalue weighted by Crippen LogP contribution is 2.22. The van der Waals surface area contributed by atoms with Gasteiger partial charge in [-0.3, -0.25) is 0 Å². The Bertz CT molecular complexity index is 438. The van der Waals surface area contributed by atoms with E-state index in [0.29, 0.717) is 10.6 Å². The molecule has 0 spiro atoms. The summed E-state index contributed by atoms with van der Waals surface area (Å²) in [5, 5.41) is 0.620. The lowest BCUT2D eigenvalue weighted by Gasteiger charge is -2.12. The molecule has 0 aliphatic rings. The van der Waals surface area contributed by atoms with E-state index in [1.165, 1.54) is 16.4 Å². The maximum atomic E-state index is 5.66. The Morgan fingerprint density at radius 3 is 2.57 bits per heavy atom. The van der Waals surface area contributed by atoms with Crippen LogP contribution in [0.4, 0.5) is 5.82 Å². The molecule has 0 aromatic carbocycles. The van der Waals surface area contributed by atoms with Crippen molar-refractivity contribution < 1.29 is 0 Å². The van der Waals surface area contributed by atoms with Crippen molar-refractivity contribution in [2.75, 3.05) is 17.8 Å². The van der Waals surface area contributed by atoms with Gasteiger partial charge in [-0.2, -0.15) is 0 Å². The number of thiocarbonyl (C=S) groups is 1. The molecule has 1 aromatic heterocycles. The van der Waals surface area contributed by atoms with E-state index in [9.17, 15) is 0 Å². The Morgan fingerprint density at radius 1 is 1.57 bits per heavy atom. The first-order chi connectivity index (χ1) is 6.49. The number of aromatic nitrogens is 2. The fourth-order valence-corrected chi connectivity index (χ4v) is 2.18. The van der Waals surface area contributed by atoms with Gasteiger partial charge in [-0.1, -0.05) is 12.2 Å². The minimum atomic E-state index is 0.161. The fourth-order valence-electron chi connectivity index (χ4n) is 0.962. The largest absolute Gasteiger partial charge is 0.389 e. The van der Waals surface area contributed by atoms with Crippen molar-refractivity contribution in [3.8, 4) is 0 Å². The Balaban J connectivity index is 3.64. The Hall–Kier alpha value is -0.860. The van der Waals surface area contributed by atoms with Gasteiger partial charge in [0, 0.05) is 0 Å². The second-order valence-corrected chi connectivity index (χ2v) is 4.00. The van der Waals surface area contributed by atoms with Crippen molar-refractivity contribution in [1.29, 1.82) is 0 Å². The predicted octanol–water partition coefficient (Wildman–Crippen LogP) is 0.265. The summed E-state index contributed by atoms with van der Waals surface area (Å²) in [4.78, 5) is 4.01. The highest BCUT2D eigenvalue weighted by molar-refractivity contribution is 7.98. The van der Waals surface area contributed by atoms with Gasteiger partial charge in [0.2, 0.25) is 4.77 Å². The molecule has 8 heteroatoms. The molecule has 0 aliphatic heterocycles. The first kappa shape index (κ1) is 11.2. The van der Waals surface area contributed by atoms with Crippen molar-refractivity contribution in [2.24, 2.45) is 5.73 Å². The SMILES string of the molecule is CSc1c(C(N)=S)c(N)nc(=S)n1N. The molecule has 1 rings (SSSR count). The molecule has 0 atom stereocenters. The van der Waals surface area contributed by atoms with E-state index < -0.39 is 0 Å². The lowest BCUT2D eigenvalue weighted by molar-refractivity contribution is 0.811. The number of nitrogens with two attached hydrogens (primary N) is 3. The highest BCUT2D eigenvalue weighted by Gasteiger charge is 2.13. The zero-order valence-electron chi connectivity index (χ0n) is 7.35. The van der Waals surface area contributed by atoms with Crippen LogP contribution in [0.1, 0.15) is 5.56 Å². The van der Waals surface area contributed by atoms with Gasteiger partial charge >= 0.3 is 0 Å². The van der Waals surface area contributed by atoms with Crippen LogP contribution in [0.5, 0.6) is 0 Å². The zero-order valence-corrected chi connectivity index (χ0v) is 9.80. The summed E-state index contributed by atoms with van der Waals surface area (Å²) in [6.45, 7) is 0. The monoisotopic (exact) mass is 247 g/mol. The molecule has 0 amide bonds. The molecule has 14 heavy (non-hydrogen) atoms. The minimum Gasteiger partial charge on any atom is -0.389 e. The lowest BCUT2D eigenvalue weighted by atomic mass is 10.3. The smallest absolute Gasteiger partial charge is 0.221 e. The van der Waals surface area contributed by atoms with Gasteiger partial charge in [-0.05, 0) is 18.5 Å². The van der Waals surface area contributed by atoms with Crippen LogP contribution >= 0.6 is 36.2 Å². The molecule has 0 fully saturated rings. The molecule has 5 nitrogen and oxygen atoms in total. The Morgan fingerprint density at radius 2 is 2.14 bits per heavy atom. The van der Waals surface area contributed by atoms with E-state index in [4.69, 9.17) is 41.7 Å². The summed E-state index contributed by atoms with van der Waals surface area (Å²) in [6, 6.07) is 0. The number of nitrogens with zero attached hydrogens (tertiary/aromatic N) is 2. The first-order valence-electron chi connectivity index (χ1n) is 3.50. The molecule has 0 bridgehead atoms. The lowest BCUT2D eigenvalue weighted by Crippen LogP contribution is -2.23. The average Bonchev–Trinajstić information content (AvgIpc) is 2.09. The van der Waals surface area contributed by atoms with E-state index in [-0.39, 0.29) is 15.6 Å². The van der Waals surface area contributed by atoms with Crippen molar-refractivity contribution in [3.05, 3.63) is 10.3 Å². The molecule has 1 heterocycles. The number of hydrogen-bond acceptors (Lipinski definition) is 6.